The number of hydrogen-bond acceptors (Lipinski definition) is 3. The van der Waals surface area contributed by atoms with Crippen molar-refractivity contribution in [3.8, 4) is 0 Å². The smallest absolute Gasteiger partial charge is 0.270 e. The third kappa shape index (κ3) is 3.66. The van der Waals surface area contributed by atoms with Gasteiger partial charge in [-0.05, 0) is 40.3 Å². The lowest BCUT2D eigenvalue weighted by Crippen LogP contribution is -2.02. The van der Waals surface area contributed by atoms with Crippen LogP contribution in [0.5, 0.6) is 0 Å². The summed E-state index contributed by atoms with van der Waals surface area (Å²) in [5, 5.41) is 13.9. The number of rotatable bonds is 4. The molecule has 0 aliphatic carbocycles. The second-order valence-electron chi connectivity index (χ2n) is 3.87. The van der Waals surface area contributed by atoms with Crippen molar-refractivity contribution in [2.75, 3.05) is 5.32 Å². The molecule has 0 aromatic heterocycles. The van der Waals surface area contributed by atoms with Crippen molar-refractivity contribution in [1.82, 2.24) is 0 Å². The average molecular weight is 433 g/mol. The van der Waals surface area contributed by atoms with Gasteiger partial charge >= 0.3 is 0 Å². The molecule has 1 N–H and O–H groups in total. The van der Waals surface area contributed by atoms with Crippen LogP contribution < -0.4 is 5.32 Å². The van der Waals surface area contributed by atoms with Crippen LogP contribution in [0.4, 0.5) is 11.4 Å². The van der Waals surface area contributed by atoms with Gasteiger partial charge in [-0.1, -0.05) is 34.1 Å². The van der Waals surface area contributed by atoms with Gasteiger partial charge in [-0.2, -0.15) is 0 Å². The average Bonchev–Trinajstić information content (AvgIpc) is 2.39. The number of halogens is 2. The van der Waals surface area contributed by atoms with Crippen molar-refractivity contribution in [2.24, 2.45) is 0 Å². The van der Waals surface area contributed by atoms with Crippen LogP contribution in [-0.2, 0) is 6.54 Å². The minimum atomic E-state index is -0.389. The van der Waals surface area contributed by atoms with Crippen LogP contribution >= 0.6 is 38.5 Å². The summed E-state index contributed by atoms with van der Waals surface area (Å²) < 4.78 is 1.87. The monoisotopic (exact) mass is 432 g/mol. The number of nitrogens with zero attached hydrogens (tertiary/aromatic N) is 1. The van der Waals surface area contributed by atoms with Crippen LogP contribution in [0, 0.1) is 13.7 Å². The van der Waals surface area contributed by atoms with Crippen molar-refractivity contribution in [1.29, 1.82) is 0 Å². The maximum absolute atomic E-state index is 10.7. The zero-order valence-corrected chi connectivity index (χ0v) is 13.5. The van der Waals surface area contributed by atoms with Crippen LogP contribution in [0.25, 0.3) is 0 Å². The Balaban J connectivity index is 2.12. The first-order chi connectivity index (χ1) is 9.08. The Kier molecular flexibility index (Phi) is 4.76. The van der Waals surface area contributed by atoms with Crippen LogP contribution in [-0.4, -0.2) is 4.92 Å². The van der Waals surface area contributed by atoms with Crippen LogP contribution in [0.2, 0.25) is 0 Å². The molecule has 98 valence electrons. The first-order valence-electron chi connectivity index (χ1n) is 5.49. The highest BCUT2D eigenvalue weighted by molar-refractivity contribution is 14.1. The third-order valence-electron chi connectivity index (χ3n) is 2.59. The standard InChI is InChI=1S/C13H10BrIN2O2/c14-11-4-2-1-3-9(11)8-16-13-6-5-10(17(18)19)7-12(13)15/h1-7,16H,8H2. The number of nitro benzene ring substituents is 1. The highest BCUT2D eigenvalue weighted by Gasteiger charge is 2.09. The van der Waals surface area contributed by atoms with Crippen molar-refractivity contribution in [3.63, 3.8) is 0 Å². The molecular formula is C13H10BrIN2O2. The number of nitro groups is 1. The molecular weight excluding hydrogens is 423 g/mol. The Morgan fingerprint density at radius 1 is 1.26 bits per heavy atom. The molecule has 0 fully saturated rings. The molecule has 6 heteroatoms. The van der Waals surface area contributed by atoms with E-state index in [9.17, 15) is 10.1 Å². The van der Waals surface area contributed by atoms with Crippen molar-refractivity contribution in [3.05, 3.63) is 66.2 Å². The number of nitrogens with one attached hydrogen (secondary N) is 1. The van der Waals surface area contributed by atoms with Gasteiger partial charge in [-0.15, -0.1) is 0 Å². The number of non-ortho nitro benzene ring substituents is 1. The highest BCUT2D eigenvalue weighted by Crippen LogP contribution is 2.25. The normalized spacial score (nSPS) is 10.2. The fourth-order valence-electron chi connectivity index (χ4n) is 1.59. The maximum atomic E-state index is 10.7. The Morgan fingerprint density at radius 2 is 2.00 bits per heavy atom. The molecule has 19 heavy (non-hydrogen) atoms. The molecule has 0 heterocycles. The molecule has 0 spiro atoms. The van der Waals surface area contributed by atoms with Gasteiger partial charge in [0, 0.05) is 32.4 Å². The second kappa shape index (κ2) is 6.33. The van der Waals surface area contributed by atoms with Gasteiger partial charge < -0.3 is 5.32 Å². The third-order valence-corrected chi connectivity index (χ3v) is 4.26. The Hall–Kier alpha value is -1.15. The summed E-state index contributed by atoms with van der Waals surface area (Å²) in [7, 11) is 0. The van der Waals surface area contributed by atoms with Gasteiger partial charge in [-0.3, -0.25) is 10.1 Å². The first kappa shape index (κ1) is 14.3. The van der Waals surface area contributed by atoms with Crippen LogP contribution in [0.15, 0.2) is 46.9 Å². The summed E-state index contributed by atoms with van der Waals surface area (Å²) in [5.74, 6) is 0. The van der Waals surface area contributed by atoms with Gasteiger partial charge in [-0.25, -0.2) is 0 Å². The molecule has 0 saturated heterocycles. The van der Waals surface area contributed by atoms with E-state index in [-0.39, 0.29) is 10.6 Å². The number of benzene rings is 2. The summed E-state index contributed by atoms with van der Waals surface area (Å²) in [6.07, 6.45) is 0. The van der Waals surface area contributed by atoms with Gasteiger partial charge in [0.25, 0.3) is 5.69 Å². The zero-order valence-electron chi connectivity index (χ0n) is 9.77. The van der Waals surface area contributed by atoms with Gasteiger partial charge in [0.05, 0.1) is 4.92 Å². The van der Waals surface area contributed by atoms with E-state index in [1.165, 1.54) is 6.07 Å². The predicted molar refractivity (Wildman–Crippen MR) is 87.3 cm³/mol. The largest absolute Gasteiger partial charge is 0.380 e. The summed E-state index contributed by atoms with van der Waals surface area (Å²) in [4.78, 5) is 10.3. The molecule has 4 nitrogen and oxygen atoms in total. The molecule has 0 amide bonds. The van der Waals surface area contributed by atoms with E-state index in [1.807, 2.05) is 24.3 Å². The second-order valence-corrected chi connectivity index (χ2v) is 5.88. The molecule has 0 saturated carbocycles. The molecule has 2 aromatic carbocycles. The van der Waals surface area contributed by atoms with Crippen LogP contribution in [0.1, 0.15) is 5.56 Å². The topological polar surface area (TPSA) is 55.2 Å². The van der Waals surface area contributed by atoms with E-state index in [1.54, 1.807) is 12.1 Å². The Morgan fingerprint density at radius 3 is 2.63 bits per heavy atom. The van der Waals surface area contributed by atoms with Crippen molar-refractivity contribution < 1.29 is 4.92 Å². The predicted octanol–water partition coefficient (Wildman–Crippen LogP) is 4.57. The lowest BCUT2D eigenvalue weighted by molar-refractivity contribution is -0.384. The fourth-order valence-corrected chi connectivity index (χ4v) is 2.71. The quantitative estimate of drug-likeness (QED) is 0.437. The molecule has 0 bridgehead atoms. The van der Waals surface area contributed by atoms with E-state index in [0.717, 1.165) is 19.3 Å². The van der Waals surface area contributed by atoms with Crippen LogP contribution in [0.3, 0.4) is 0 Å². The van der Waals surface area contributed by atoms with E-state index >= 15 is 0 Å². The molecule has 2 rings (SSSR count). The van der Waals surface area contributed by atoms with E-state index in [2.05, 4.69) is 43.8 Å². The minimum absolute atomic E-state index is 0.107. The molecule has 2 aromatic rings. The number of hydrogen-bond donors (Lipinski definition) is 1. The highest BCUT2D eigenvalue weighted by atomic mass is 127. The summed E-state index contributed by atoms with van der Waals surface area (Å²) in [5.41, 5.74) is 2.13. The molecule has 0 aliphatic rings. The zero-order chi connectivity index (χ0) is 13.8. The SMILES string of the molecule is O=[N+]([O-])c1ccc(NCc2ccccc2Br)c(I)c1. The lowest BCUT2D eigenvalue weighted by Gasteiger charge is -2.09. The summed E-state index contributed by atoms with van der Waals surface area (Å²) in [6.45, 7) is 0.662. The fraction of sp³-hybridized carbons (Fsp3) is 0.0769. The first-order valence-corrected chi connectivity index (χ1v) is 7.36. The summed E-state index contributed by atoms with van der Waals surface area (Å²) >= 11 is 5.58. The van der Waals surface area contributed by atoms with Gasteiger partial charge in [0.2, 0.25) is 0 Å². The van der Waals surface area contributed by atoms with E-state index in [4.69, 9.17) is 0 Å². The molecule has 0 atom stereocenters. The maximum Gasteiger partial charge on any atom is 0.270 e. The number of anilines is 1. The van der Waals surface area contributed by atoms with Crippen molar-refractivity contribution in [2.45, 2.75) is 6.54 Å². The Labute approximate surface area is 132 Å². The molecule has 0 aliphatic heterocycles. The minimum Gasteiger partial charge on any atom is -0.380 e. The molecule has 0 radical (unpaired) electrons. The van der Waals surface area contributed by atoms with E-state index in [0.29, 0.717) is 6.54 Å². The van der Waals surface area contributed by atoms with Crippen molar-refractivity contribution >= 4 is 49.9 Å². The lowest BCUT2D eigenvalue weighted by atomic mass is 10.2. The van der Waals surface area contributed by atoms with Gasteiger partial charge in [0.1, 0.15) is 0 Å². The van der Waals surface area contributed by atoms with Gasteiger partial charge in [0.15, 0.2) is 0 Å². The molecule has 0 unspecified atom stereocenters. The summed E-state index contributed by atoms with van der Waals surface area (Å²) in [6, 6.07) is 12.7. The van der Waals surface area contributed by atoms with E-state index < -0.39 is 0 Å². The Bertz CT molecular complexity index is 619.